The fraction of sp³-hybridized carbons (Fsp3) is 0.378. The van der Waals surface area contributed by atoms with Gasteiger partial charge in [-0.1, -0.05) is 24.6 Å². The molecule has 3 aliphatic heterocycles. The molecule has 0 saturated carbocycles. The molecular formula is C37H40N4O11S. The SMILES string of the molecule is O=C(CCCCCN1C=C/C(=C/C=C/c2cc[n+](CCCCCC(=O)ON3C(=O)CCC3=O)cc2)c2cc(S(=O)(=O)[O-])ccc21)ON1C(=O)CCC1=O. The van der Waals surface area contributed by atoms with E-state index in [1.54, 1.807) is 6.07 Å². The molecule has 1 aromatic heterocycles. The fourth-order valence-corrected chi connectivity index (χ4v) is 6.40. The van der Waals surface area contributed by atoms with Crippen molar-refractivity contribution in [3.8, 4) is 0 Å². The minimum atomic E-state index is -4.69. The van der Waals surface area contributed by atoms with E-state index in [-0.39, 0.29) is 43.4 Å². The number of nitrogens with zero attached hydrogens (tertiary/aromatic N) is 4. The Morgan fingerprint density at radius 1 is 0.774 bits per heavy atom. The minimum Gasteiger partial charge on any atom is -0.744 e. The van der Waals surface area contributed by atoms with Gasteiger partial charge >= 0.3 is 11.9 Å². The number of hydrogen-bond acceptors (Lipinski definition) is 12. The second-order valence-electron chi connectivity index (χ2n) is 12.7. The van der Waals surface area contributed by atoms with Crippen molar-refractivity contribution in [2.75, 3.05) is 11.4 Å². The van der Waals surface area contributed by atoms with Crippen LogP contribution in [0.3, 0.4) is 0 Å². The van der Waals surface area contributed by atoms with Crippen molar-refractivity contribution in [3.05, 3.63) is 78.3 Å². The van der Waals surface area contributed by atoms with Crippen molar-refractivity contribution in [3.63, 3.8) is 0 Å². The Bertz CT molecular complexity index is 1920. The van der Waals surface area contributed by atoms with Crippen LogP contribution in [0.15, 0.2) is 72.0 Å². The number of benzene rings is 1. The molecule has 16 heteroatoms. The Balaban J connectivity index is 1.09. The Morgan fingerprint density at radius 2 is 1.34 bits per heavy atom. The van der Waals surface area contributed by atoms with E-state index in [4.69, 9.17) is 9.68 Å². The summed E-state index contributed by atoms with van der Waals surface area (Å²) >= 11 is 0. The summed E-state index contributed by atoms with van der Waals surface area (Å²) in [4.78, 5) is 81.8. The molecule has 3 aliphatic rings. The topological polar surface area (TPSA) is 192 Å². The van der Waals surface area contributed by atoms with Crippen LogP contribution in [0.2, 0.25) is 0 Å². The van der Waals surface area contributed by atoms with Gasteiger partial charge in [-0.2, -0.15) is 0 Å². The molecule has 2 fully saturated rings. The third-order valence-corrected chi connectivity index (χ3v) is 9.60. The van der Waals surface area contributed by atoms with Crippen LogP contribution in [0.5, 0.6) is 0 Å². The van der Waals surface area contributed by atoms with E-state index in [0.29, 0.717) is 53.5 Å². The lowest BCUT2D eigenvalue weighted by atomic mass is 9.99. The van der Waals surface area contributed by atoms with Crippen LogP contribution in [-0.2, 0) is 55.1 Å². The van der Waals surface area contributed by atoms with E-state index in [1.165, 1.54) is 12.1 Å². The van der Waals surface area contributed by atoms with Gasteiger partial charge in [-0.25, -0.2) is 22.6 Å². The quantitative estimate of drug-likeness (QED) is 0.0989. The van der Waals surface area contributed by atoms with Crippen LogP contribution in [0.1, 0.15) is 88.2 Å². The van der Waals surface area contributed by atoms with Crippen molar-refractivity contribution in [2.24, 2.45) is 0 Å². The average molecular weight is 749 g/mol. The van der Waals surface area contributed by atoms with Gasteiger partial charge in [0.05, 0.1) is 4.90 Å². The average Bonchev–Trinajstić information content (AvgIpc) is 3.62. The minimum absolute atomic E-state index is 0.0328. The first-order valence-corrected chi connectivity index (χ1v) is 18.9. The van der Waals surface area contributed by atoms with E-state index in [2.05, 4.69) is 0 Å². The van der Waals surface area contributed by atoms with Crippen LogP contribution < -0.4 is 9.47 Å². The van der Waals surface area contributed by atoms with Crippen molar-refractivity contribution < 1.29 is 56.0 Å². The van der Waals surface area contributed by atoms with Gasteiger partial charge in [0.2, 0.25) is 0 Å². The van der Waals surface area contributed by atoms with Gasteiger partial charge in [0.1, 0.15) is 16.7 Å². The van der Waals surface area contributed by atoms with Gasteiger partial charge in [0, 0.05) is 81.1 Å². The maximum atomic E-state index is 12.1. The smallest absolute Gasteiger partial charge is 0.333 e. The van der Waals surface area contributed by atoms with Crippen LogP contribution in [0, 0.1) is 0 Å². The molecule has 5 rings (SSSR count). The number of allylic oxidation sites excluding steroid dienone is 4. The van der Waals surface area contributed by atoms with Crippen LogP contribution in [0.4, 0.5) is 5.69 Å². The Labute approximate surface area is 306 Å². The summed E-state index contributed by atoms with van der Waals surface area (Å²) in [5, 5.41) is 1.10. The third kappa shape index (κ3) is 10.8. The summed E-state index contributed by atoms with van der Waals surface area (Å²) in [6.07, 6.45) is 17.4. The first-order chi connectivity index (χ1) is 25.4. The number of aryl methyl sites for hydroxylation is 1. The molecule has 4 heterocycles. The highest BCUT2D eigenvalue weighted by atomic mass is 32.2. The number of aromatic nitrogens is 1. The summed E-state index contributed by atoms with van der Waals surface area (Å²) < 4.78 is 37.5. The molecule has 0 radical (unpaired) electrons. The van der Waals surface area contributed by atoms with Crippen molar-refractivity contribution in [1.29, 1.82) is 0 Å². The fourth-order valence-electron chi connectivity index (χ4n) is 5.90. The monoisotopic (exact) mass is 748 g/mol. The van der Waals surface area contributed by atoms with Crippen molar-refractivity contribution >= 4 is 63.0 Å². The second kappa shape index (κ2) is 17.8. The van der Waals surface area contributed by atoms with Gasteiger partial charge < -0.3 is 19.1 Å². The predicted molar refractivity (Wildman–Crippen MR) is 186 cm³/mol. The van der Waals surface area contributed by atoms with E-state index in [9.17, 15) is 41.7 Å². The lowest BCUT2D eigenvalue weighted by molar-refractivity contribution is -0.697. The maximum Gasteiger partial charge on any atom is 0.333 e. The number of fused-ring (bicyclic) bond motifs is 1. The first-order valence-electron chi connectivity index (χ1n) is 17.4. The van der Waals surface area contributed by atoms with Crippen molar-refractivity contribution in [2.45, 2.75) is 88.5 Å². The molecule has 2 saturated heterocycles. The van der Waals surface area contributed by atoms with Crippen molar-refractivity contribution in [1.82, 2.24) is 10.1 Å². The molecule has 0 N–H and O–H groups in total. The zero-order chi connectivity index (χ0) is 38.0. The molecule has 15 nitrogen and oxygen atoms in total. The summed E-state index contributed by atoms with van der Waals surface area (Å²) in [5.74, 6) is -3.29. The molecule has 0 atom stereocenters. The van der Waals surface area contributed by atoms with Crippen LogP contribution in [0.25, 0.3) is 11.6 Å². The molecule has 2 aromatic rings. The van der Waals surface area contributed by atoms with Gasteiger partial charge in [-0.3, -0.25) is 19.2 Å². The lowest BCUT2D eigenvalue weighted by Crippen LogP contribution is -2.32. The largest absolute Gasteiger partial charge is 0.744 e. The van der Waals surface area contributed by atoms with Crippen LogP contribution >= 0.6 is 0 Å². The highest BCUT2D eigenvalue weighted by Gasteiger charge is 2.33. The molecule has 0 unspecified atom stereocenters. The lowest BCUT2D eigenvalue weighted by Gasteiger charge is -2.28. The number of carbonyl (C=O) groups excluding carboxylic acids is 6. The van der Waals surface area contributed by atoms with E-state index in [1.807, 2.05) is 64.5 Å². The zero-order valence-electron chi connectivity index (χ0n) is 29.0. The Hall–Kier alpha value is -5.48. The highest BCUT2D eigenvalue weighted by Crippen LogP contribution is 2.35. The number of rotatable bonds is 17. The van der Waals surface area contributed by atoms with Gasteiger partial charge in [-0.05, 0) is 61.1 Å². The second-order valence-corrected chi connectivity index (χ2v) is 14.1. The summed E-state index contributed by atoms with van der Waals surface area (Å²) in [6, 6.07) is 8.14. The van der Waals surface area contributed by atoms with Gasteiger partial charge in [-0.15, -0.1) is 10.1 Å². The van der Waals surface area contributed by atoms with E-state index >= 15 is 0 Å². The number of unbranched alkanes of at least 4 members (excludes halogenated alkanes) is 4. The normalized spacial score (nSPS) is 16.7. The van der Waals surface area contributed by atoms with E-state index in [0.717, 1.165) is 30.6 Å². The predicted octanol–water partition coefficient (Wildman–Crippen LogP) is 3.64. The number of carbonyl (C=O) groups is 6. The number of imide groups is 2. The Kier molecular flexibility index (Phi) is 13.0. The molecular weight excluding hydrogens is 708 g/mol. The molecule has 0 aliphatic carbocycles. The van der Waals surface area contributed by atoms with Crippen LogP contribution in [-0.4, -0.2) is 65.2 Å². The molecule has 53 heavy (non-hydrogen) atoms. The van der Waals surface area contributed by atoms with Gasteiger partial charge in [0.25, 0.3) is 23.6 Å². The van der Waals surface area contributed by atoms with Gasteiger partial charge in [0.15, 0.2) is 12.4 Å². The molecule has 4 amide bonds. The number of hydroxylamine groups is 4. The molecule has 1 aromatic carbocycles. The highest BCUT2D eigenvalue weighted by molar-refractivity contribution is 7.85. The standard InChI is InChI=1S/C37H40N4O11S/c42-32-14-15-33(43)40(32)51-36(46)10-3-1-5-21-38-23-18-27(19-24-38)8-7-9-28-20-25-39(31-13-12-29(26-30(28)31)53(48,49)50)22-6-2-4-11-37(47)52-41-34(44)16-17-35(41)45/h7-9,12-13,18-20,23-26H,1-6,10-11,14-17,21-22H2. The molecule has 0 bridgehead atoms. The molecule has 280 valence electrons. The molecule has 0 spiro atoms. The zero-order valence-corrected chi connectivity index (χ0v) is 29.8. The number of anilines is 1. The number of amides is 4. The van der Waals surface area contributed by atoms with E-state index < -0.39 is 45.7 Å². The third-order valence-electron chi connectivity index (χ3n) is 8.77. The first kappa shape index (κ1) is 38.7. The Morgan fingerprint density at radius 3 is 1.91 bits per heavy atom. The summed E-state index contributed by atoms with van der Waals surface area (Å²) in [7, 11) is -4.69. The summed E-state index contributed by atoms with van der Waals surface area (Å²) in [6.45, 7) is 1.28. The number of hydrogen-bond donors (Lipinski definition) is 0. The summed E-state index contributed by atoms with van der Waals surface area (Å²) in [5.41, 5.74) is 2.93. The number of pyridine rings is 1. The maximum absolute atomic E-state index is 12.1.